The van der Waals surface area contributed by atoms with E-state index >= 15 is 0 Å². The zero-order valence-electron chi connectivity index (χ0n) is 11.1. The Morgan fingerprint density at radius 1 is 0.850 bits per heavy atom. The van der Waals surface area contributed by atoms with Crippen LogP contribution in [0.3, 0.4) is 0 Å². The van der Waals surface area contributed by atoms with Gasteiger partial charge in [-0.25, -0.2) is 9.98 Å². The van der Waals surface area contributed by atoms with Gasteiger partial charge in [0.15, 0.2) is 11.7 Å². The van der Waals surface area contributed by atoms with Gasteiger partial charge >= 0.3 is 0 Å². The van der Waals surface area contributed by atoms with Gasteiger partial charge in [0.1, 0.15) is 0 Å². The van der Waals surface area contributed by atoms with E-state index in [1.54, 1.807) is 7.05 Å². The fourth-order valence-electron chi connectivity index (χ4n) is 1.73. The Labute approximate surface area is 123 Å². The molecule has 0 atom stereocenters. The fourth-order valence-corrected chi connectivity index (χ4v) is 1.83. The molecule has 100 valence electrons. The van der Waals surface area contributed by atoms with Gasteiger partial charge in [0.2, 0.25) is 0 Å². The van der Waals surface area contributed by atoms with Gasteiger partial charge in [-0.3, -0.25) is 4.99 Å². The van der Waals surface area contributed by atoms with Crippen molar-refractivity contribution in [2.24, 2.45) is 15.0 Å². The van der Waals surface area contributed by atoms with Gasteiger partial charge in [-0.1, -0.05) is 72.3 Å². The summed E-state index contributed by atoms with van der Waals surface area (Å²) < 4.78 is 0. The number of hydrogen-bond donors (Lipinski definition) is 0. The number of rotatable bonds is 2. The molecule has 0 heterocycles. The van der Waals surface area contributed by atoms with Gasteiger partial charge in [-0.15, -0.1) is 0 Å². The molecule has 20 heavy (non-hydrogen) atoms. The molecule has 2 aromatic carbocycles. The van der Waals surface area contributed by atoms with Crippen LogP contribution in [-0.2, 0) is 0 Å². The van der Waals surface area contributed by atoms with Crippen LogP contribution in [0.15, 0.2) is 75.6 Å². The third-order valence-electron chi connectivity index (χ3n) is 2.66. The minimum atomic E-state index is 0.532. The molecular weight excluding hydrogens is 270 g/mol. The molecule has 0 saturated heterocycles. The summed E-state index contributed by atoms with van der Waals surface area (Å²) in [6, 6.07) is 19.4. The Morgan fingerprint density at radius 3 is 1.80 bits per heavy atom. The molecule has 0 N–H and O–H groups in total. The zero-order chi connectivity index (χ0) is 14.2. The lowest BCUT2D eigenvalue weighted by atomic mass is 10.2. The first-order valence-electron chi connectivity index (χ1n) is 6.14. The molecule has 0 aliphatic heterocycles. The van der Waals surface area contributed by atoms with Gasteiger partial charge in [0, 0.05) is 18.2 Å². The number of halogens is 1. The molecule has 4 heteroatoms. The second-order valence-electron chi connectivity index (χ2n) is 3.94. The van der Waals surface area contributed by atoms with Crippen LogP contribution in [0.5, 0.6) is 0 Å². The third kappa shape index (κ3) is 3.62. The highest BCUT2D eigenvalue weighted by molar-refractivity contribution is 6.57. The molecule has 0 radical (unpaired) electrons. The first-order valence-corrected chi connectivity index (χ1v) is 6.58. The largest absolute Gasteiger partial charge is 0.270 e. The summed E-state index contributed by atoms with van der Waals surface area (Å²) in [5, 5.41) is 0. The Bertz CT molecular complexity index is 631. The van der Waals surface area contributed by atoms with E-state index in [0.717, 1.165) is 11.1 Å². The number of benzene rings is 2. The van der Waals surface area contributed by atoms with Crippen LogP contribution in [-0.4, -0.2) is 24.4 Å². The van der Waals surface area contributed by atoms with Gasteiger partial charge in [-0.2, -0.15) is 0 Å². The molecule has 0 fully saturated rings. The number of amidine groups is 2. The molecule has 0 amide bonds. The SMILES string of the molecule is C\N=C(/N=C(\N=C\Cl)c1ccccc1)c1ccccc1. The van der Waals surface area contributed by atoms with Crippen LogP contribution in [0.25, 0.3) is 0 Å². The number of aliphatic imine (C=N–C) groups is 3. The molecule has 3 nitrogen and oxygen atoms in total. The lowest BCUT2D eigenvalue weighted by Crippen LogP contribution is -2.04. The van der Waals surface area contributed by atoms with Crippen molar-refractivity contribution < 1.29 is 0 Å². The van der Waals surface area contributed by atoms with Crippen LogP contribution in [0.2, 0.25) is 0 Å². The van der Waals surface area contributed by atoms with E-state index in [1.807, 2.05) is 60.7 Å². The molecule has 0 unspecified atom stereocenters. The highest BCUT2D eigenvalue weighted by Gasteiger charge is 2.05. The molecule has 2 aromatic rings. The van der Waals surface area contributed by atoms with Crippen LogP contribution >= 0.6 is 11.6 Å². The molecule has 0 bridgehead atoms. The maximum absolute atomic E-state index is 5.61. The van der Waals surface area contributed by atoms with Crippen LogP contribution in [0.4, 0.5) is 0 Å². The minimum Gasteiger partial charge on any atom is -0.270 e. The van der Waals surface area contributed by atoms with Crippen molar-refractivity contribution in [3.05, 3.63) is 71.8 Å². The van der Waals surface area contributed by atoms with Crippen molar-refractivity contribution in [2.75, 3.05) is 7.05 Å². The number of nitrogens with zero attached hydrogens (tertiary/aromatic N) is 3. The topological polar surface area (TPSA) is 37.1 Å². The van der Waals surface area contributed by atoms with Gasteiger partial charge in [0.05, 0.1) is 5.67 Å². The first kappa shape index (κ1) is 14.2. The average Bonchev–Trinajstić information content (AvgIpc) is 2.53. The standard InChI is InChI=1S/C16H14ClN3/c1-18-15(13-8-4-2-5-9-13)20-16(19-12-17)14-10-6-3-7-11-14/h2-12H,1H3/b18-15-,19-12+,20-16-. The van der Waals surface area contributed by atoms with E-state index in [4.69, 9.17) is 11.6 Å². The predicted octanol–water partition coefficient (Wildman–Crippen LogP) is 3.78. The van der Waals surface area contributed by atoms with E-state index in [0.29, 0.717) is 11.7 Å². The molecule has 0 aliphatic rings. The molecule has 0 saturated carbocycles. The molecule has 2 rings (SSSR count). The minimum absolute atomic E-state index is 0.532. The summed E-state index contributed by atoms with van der Waals surface area (Å²) in [6.45, 7) is 0. The van der Waals surface area contributed by atoms with E-state index < -0.39 is 0 Å². The lowest BCUT2D eigenvalue weighted by molar-refractivity contribution is 1.37. The predicted molar refractivity (Wildman–Crippen MR) is 86.2 cm³/mol. The Kier molecular flexibility index (Phi) is 5.21. The quantitative estimate of drug-likeness (QED) is 0.594. The molecule has 0 aromatic heterocycles. The Hall–Kier alpha value is -2.26. The van der Waals surface area contributed by atoms with E-state index in [9.17, 15) is 0 Å². The summed E-state index contributed by atoms with van der Waals surface area (Å²) >= 11 is 5.61. The highest BCUT2D eigenvalue weighted by Crippen LogP contribution is 2.07. The average molecular weight is 284 g/mol. The van der Waals surface area contributed by atoms with Crippen molar-refractivity contribution in [3.63, 3.8) is 0 Å². The molecule has 0 aliphatic carbocycles. The van der Waals surface area contributed by atoms with Gasteiger partial charge in [0.25, 0.3) is 0 Å². The summed E-state index contributed by atoms with van der Waals surface area (Å²) in [5.74, 6) is 1.15. The van der Waals surface area contributed by atoms with Gasteiger partial charge < -0.3 is 0 Å². The summed E-state index contributed by atoms with van der Waals surface area (Å²) in [5.41, 5.74) is 3.04. The summed E-state index contributed by atoms with van der Waals surface area (Å²) in [6.07, 6.45) is 0. The summed E-state index contributed by atoms with van der Waals surface area (Å²) in [4.78, 5) is 12.8. The van der Waals surface area contributed by atoms with Gasteiger partial charge in [-0.05, 0) is 0 Å². The maximum Gasteiger partial charge on any atom is 0.162 e. The second kappa shape index (κ2) is 7.36. The van der Waals surface area contributed by atoms with E-state index in [1.165, 1.54) is 5.67 Å². The normalized spacial score (nSPS) is 12.9. The highest BCUT2D eigenvalue weighted by atomic mass is 35.5. The lowest BCUT2D eigenvalue weighted by Gasteiger charge is -2.03. The van der Waals surface area contributed by atoms with Crippen LogP contribution < -0.4 is 0 Å². The van der Waals surface area contributed by atoms with Crippen LogP contribution in [0.1, 0.15) is 11.1 Å². The maximum atomic E-state index is 5.61. The van der Waals surface area contributed by atoms with E-state index in [-0.39, 0.29) is 0 Å². The van der Waals surface area contributed by atoms with Crippen LogP contribution in [0, 0.1) is 0 Å². The van der Waals surface area contributed by atoms with E-state index in [2.05, 4.69) is 15.0 Å². The fraction of sp³-hybridized carbons (Fsp3) is 0.0625. The van der Waals surface area contributed by atoms with Crippen molar-refractivity contribution in [1.29, 1.82) is 0 Å². The van der Waals surface area contributed by atoms with Crippen molar-refractivity contribution in [1.82, 2.24) is 0 Å². The van der Waals surface area contributed by atoms with Crippen molar-refractivity contribution in [2.45, 2.75) is 0 Å². The van der Waals surface area contributed by atoms with Crippen molar-refractivity contribution in [3.8, 4) is 0 Å². The Morgan fingerprint density at radius 2 is 1.35 bits per heavy atom. The molecule has 0 spiro atoms. The zero-order valence-corrected chi connectivity index (χ0v) is 11.8. The number of hydrogen-bond acceptors (Lipinski definition) is 1. The monoisotopic (exact) mass is 283 g/mol. The van der Waals surface area contributed by atoms with Crippen molar-refractivity contribution >= 4 is 28.9 Å². The smallest absolute Gasteiger partial charge is 0.162 e. The second-order valence-corrected chi connectivity index (χ2v) is 4.14. The Balaban J connectivity index is 2.43. The molecular formula is C16H14ClN3. The first-order chi connectivity index (χ1) is 9.85. The third-order valence-corrected chi connectivity index (χ3v) is 2.76. The summed E-state index contributed by atoms with van der Waals surface area (Å²) in [7, 11) is 1.71.